The molecule has 1 saturated heterocycles. The molecule has 38 heavy (non-hydrogen) atoms. The Morgan fingerprint density at radius 1 is 1.11 bits per heavy atom. The molecule has 2 amide bonds. The zero-order chi connectivity index (χ0) is 28.1. The summed E-state index contributed by atoms with van der Waals surface area (Å²) < 4.78 is 18.8. The van der Waals surface area contributed by atoms with Crippen LogP contribution in [-0.2, 0) is 25.3 Å². The number of amides is 2. The summed E-state index contributed by atoms with van der Waals surface area (Å²) in [6.45, 7) is 18.3. The maximum Gasteiger partial charge on any atom is 0.481 e. The number of hydrogen-bond donors (Lipinski definition) is 2. The highest BCUT2D eigenvalue weighted by Crippen LogP contribution is 2.65. The first-order valence-electron chi connectivity index (χ1n) is 14.2. The van der Waals surface area contributed by atoms with Crippen molar-refractivity contribution in [3.8, 4) is 0 Å². The molecule has 0 spiro atoms. The molecule has 0 unspecified atom stereocenters. The lowest BCUT2D eigenvalue weighted by Crippen LogP contribution is -2.65. The highest BCUT2D eigenvalue weighted by molar-refractivity contribution is 6.48. The minimum absolute atomic E-state index is 0.0337. The van der Waals surface area contributed by atoms with Gasteiger partial charge in [-0.05, 0) is 82.6 Å². The van der Waals surface area contributed by atoms with Crippen molar-refractivity contribution in [2.24, 2.45) is 23.2 Å². The summed E-state index contributed by atoms with van der Waals surface area (Å²) in [5.74, 6) is 0.775. The molecule has 4 aliphatic rings. The standard InChI is InChI=1S/C30H47BN2O5/c1-19(2)15-24(31-37-23-17-21-16-22(28(21,6)7)30(23,9)38-31)32-25(34)29(8,18-20-13-11-10-12-14-20)33-26(35)36-27(3,4)5/h10-14,19,21-24H,15-18H2,1-9H3,(H,32,34)(H,33,35)/t21-,22-,23+,24-,29+,30-/m0/s1. The van der Waals surface area contributed by atoms with Crippen molar-refractivity contribution >= 4 is 19.1 Å². The Morgan fingerprint density at radius 3 is 2.34 bits per heavy atom. The first kappa shape index (κ1) is 28.9. The third-order valence-corrected chi connectivity index (χ3v) is 9.02. The zero-order valence-electron chi connectivity index (χ0n) is 24.7. The normalized spacial score (nSPS) is 30.1. The minimum atomic E-state index is -1.24. The van der Waals surface area contributed by atoms with Crippen molar-refractivity contribution in [2.75, 3.05) is 0 Å². The Kier molecular flexibility index (Phi) is 7.74. The van der Waals surface area contributed by atoms with E-state index in [4.69, 9.17) is 14.0 Å². The average molecular weight is 527 g/mol. The molecule has 0 radical (unpaired) electrons. The largest absolute Gasteiger partial charge is 0.481 e. The molecular weight excluding hydrogens is 479 g/mol. The maximum absolute atomic E-state index is 14.0. The molecule has 2 N–H and O–H groups in total. The number of alkyl carbamates (subject to hydrolysis) is 1. The van der Waals surface area contributed by atoms with Gasteiger partial charge in [-0.2, -0.15) is 0 Å². The van der Waals surface area contributed by atoms with Gasteiger partial charge in [-0.1, -0.05) is 58.0 Å². The Labute approximate surface area is 229 Å². The second-order valence-corrected chi connectivity index (χ2v) is 14.2. The van der Waals surface area contributed by atoms with Crippen LogP contribution in [0.5, 0.6) is 0 Å². The van der Waals surface area contributed by atoms with E-state index in [-0.39, 0.29) is 29.0 Å². The molecule has 7 nitrogen and oxygen atoms in total. The van der Waals surface area contributed by atoms with Crippen molar-refractivity contribution in [1.82, 2.24) is 10.6 Å². The van der Waals surface area contributed by atoms with Gasteiger partial charge in [0.25, 0.3) is 0 Å². The molecule has 210 valence electrons. The van der Waals surface area contributed by atoms with E-state index in [9.17, 15) is 9.59 Å². The molecule has 4 fully saturated rings. The third-order valence-electron chi connectivity index (χ3n) is 9.02. The van der Waals surface area contributed by atoms with Crippen molar-refractivity contribution in [2.45, 2.75) is 117 Å². The van der Waals surface area contributed by atoms with Crippen molar-refractivity contribution in [1.29, 1.82) is 0 Å². The second-order valence-electron chi connectivity index (χ2n) is 14.2. The first-order chi connectivity index (χ1) is 17.5. The van der Waals surface area contributed by atoms with Crippen LogP contribution in [0.3, 0.4) is 0 Å². The van der Waals surface area contributed by atoms with Gasteiger partial charge in [0, 0.05) is 6.42 Å². The predicted molar refractivity (Wildman–Crippen MR) is 149 cm³/mol. The van der Waals surface area contributed by atoms with Crippen molar-refractivity contribution in [3.05, 3.63) is 35.9 Å². The lowest BCUT2D eigenvalue weighted by Gasteiger charge is -2.64. The second kappa shape index (κ2) is 10.2. The molecule has 3 aliphatic carbocycles. The van der Waals surface area contributed by atoms with E-state index >= 15 is 0 Å². The molecule has 5 rings (SSSR count). The fourth-order valence-corrected chi connectivity index (χ4v) is 6.86. The summed E-state index contributed by atoms with van der Waals surface area (Å²) in [7, 11) is -0.533. The molecule has 8 heteroatoms. The van der Waals surface area contributed by atoms with Crippen molar-refractivity contribution in [3.63, 3.8) is 0 Å². The number of ether oxygens (including phenoxy) is 1. The minimum Gasteiger partial charge on any atom is -0.444 e. The number of benzene rings is 1. The van der Waals surface area contributed by atoms with E-state index in [2.05, 4.69) is 45.3 Å². The van der Waals surface area contributed by atoms with Crippen LogP contribution in [0.1, 0.15) is 87.1 Å². The zero-order valence-corrected chi connectivity index (χ0v) is 24.7. The maximum atomic E-state index is 14.0. The van der Waals surface area contributed by atoms with Crippen LogP contribution < -0.4 is 10.6 Å². The number of carbonyl (C=O) groups is 2. The van der Waals surface area contributed by atoms with E-state index in [0.29, 0.717) is 30.6 Å². The summed E-state index contributed by atoms with van der Waals surface area (Å²) in [6, 6.07) is 9.70. The smallest absolute Gasteiger partial charge is 0.444 e. The number of hydrogen-bond acceptors (Lipinski definition) is 5. The van der Waals surface area contributed by atoms with E-state index in [0.717, 1.165) is 12.0 Å². The Bertz CT molecular complexity index is 1030. The van der Waals surface area contributed by atoms with Gasteiger partial charge in [0.15, 0.2) is 0 Å². The van der Waals surface area contributed by atoms with Crippen LogP contribution >= 0.6 is 0 Å². The van der Waals surface area contributed by atoms with Crippen LogP contribution in [0.25, 0.3) is 0 Å². The lowest BCUT2D eigenvalue weighted by atomic mass is 9.43. The average Bonchev–Trinajstić information content (AvgIpc) is 3.14. The summed E-state index contributed by atoms with van der Waals surface area (Å²) in [5.41, 5.74) is -1.09. The van der Waals surface area contributed by atoms with Crippen molar-refractivity contribution < 1.29 is 23.6 Å². The van der Waals surface area contributed by atoms with E-state index in [1.165, 1.54) is 6.42 Å². The van der Waals surface area contributed by atoms with E-state index < -0.39 is 24.4 Å². The fourth-order valence-electron chi connectivity index (χ4n) is 6.86. The highest BCUT2D eigenvalue weighted by Gasteiger charge is 2.68. The third kappa shape index (κ3) is 5.76. The molecular formula is C30H47BN2O5. The van der Waals surface area contributed by atoms with Gasteiger partial charge < -0.3 is 24.7 Å². The number of carbonyl (C=O) groups excluding carboxylic acids is 2. The van der Waals surface area contributed by atoms with Gasteiger partial charge in [-0.25, -0.2) is 4.79 Å². The van der Waals surface area contributed by atoms with Crippen LogP contribution in [0.2, 0.25) is 0 Å². The molecule has 1 aromatic carbocycles. The van der Waals surface area contributed by atoms with Gasteiger partial charge in [0.05, 0.1) is 17.6 Å². The topological polar surface area (TPSA) is 85.9 Å². The predicted octanol–water partition coefficient (Wildman–Crippen LogP) is 5.31. The fraction of sp³-hybridized carbons (Fsp3) is 0.733. The molecule has 1 aromatic rings. The lowest BCUT2D eigenvalue weighted by molar-refractivity contribution is -0.199. The van der Waals surface area contributed by atoms with Crippen LogP contribution in [-0.4, -0.2) is 47.9 Å². The molecule has 1 heterocycles. The summed E-state index contributed by atoms with van der Waals surface area (Å²) >= 11 is 0. The molecule has 3 saturated carbocycles. The molecule has 2 bridgehead atoms. The molecule has 6 atom stereocenters. The van der Waals surface area contributed by atoms with E-state index in [1.54, 1.807) is 27.7 Å². The van der Waals surface area contributed by atoms with Crippen LogP contribution in [0, 0.1) is 23.2 Å². The monoisotopic (exact) mass is 526 g/mol. The van der Waals surface area contributed by atoms with Gasteiger partial charge in [-0.15, -0.1) is 0 Å². The SMILES string of the molecule is CC(C)C[C@H](NC(=O)[C@@](C)(Cc1ccccc1)NC(=O)OC(C)(C)C)B1O[C@@H]2C[C@@H]3C[C@@H](C3(C)C)[C@]2(C)O1. The summed E-state index contributed by atoms with van der Waals surface area (Å²) in [6.07, 6.45) is 2.59. The first-order valence-corrected chi connectivity index (χ1v) is 14.2. The number of nitrogens with one attached hydrogen (secondary N) is 2. The molecule has 1 aliphatic heterocycles. The quantitative estimate of drug-likeness (QED) is 0.449. The Morgan fingerprint density at radius 2 is 1.76 bits per heavy atom. The van der Waals surface area contributed by atoms with E-state index in [1.807, 2.05) is 30.3 Å². The van der Waals surface area contributed by atoms with Crippen LogP contribution in [0.4, 0.5) is 4.79 Å². The Hall–Kier alpha value is -2.06. The van der Waals surface area contributed by atoms with Gasteiger partial charge in [0.1, 0.15) is 11.1 Å². The van der Waals surface area contributed by atoms with Gasteiger partial charge in [-0.3, -0.25) is 4.79 Å². The van der Waals surface area contributed by atoms with Gasteiger partial charge >= 0.3 is 13.2 Å². The summed E-state index contributed by atoms with van der Waals surface area (Å²) in [5, 5.41) is 6.11. The van der Waals surface area contributed by atoms with Crippen LogP contribution in [0.15, 0.2) is 30.3 Å². The summed E-state index contributed by atoms with van der Waals surface area (Å²) in [4.78, 5) is 26.8. The van der Waals surface area contributed by atoms with Gasteiger partial charge in [0.2, 0.25) is 5.91 Å². The Balaban J connectivity index is 1.55. The number of rotatable bonds is 8. The highest BCUT2D eigenvalue weighted by atomic mass is 16.7. The molecule has 0 aromatic heterocycles.